The van der Waals surface area contributed by atoms with Gasteiger partial charge in [-0.3, -0.25) is 4.98 Å². The summed E-state index contributed by atoms with van der Waals surface area (Å²) in [4.78, 5) is 7.86. The second-order valence-electron chi connectivity index (χ2n) is 2.12. The van der Waals surface area contributed by atoms with Gasteiger partial charge in [0.15, 0.2) is 0 Å². The molecule has 1 rings (SSSR count). The van der Waals surface area contributed by atoms with E-state index in [1.807, 2.05) is 6.92 Å². The van der Waals surface area contributed by atoms with E-state index in [0.29, 0.717) is 12.4 Å². The Kier molecular flexibility index (Phi) is 3.07. The summed E-state index contributed by atoms with van der Waals surface area (Å²) in [6, 6.07) is 0. The minimum atomic E-state index is 0.420. The molecule has 1 aromatic heterocycles. The SMILES string of the molecule is CCO/C=C/c1cnc(N)cn1. The Morgan fingerprint density at radius 2 is 2.33 bits per heavy atom. The quantitative estimate of drug-likeness (QED) is 0.680. The van der Waals surface area contributed by atoms with Crippen molar-refractivity contribution < 1.29 is 4.74 Å². The van der Waals surface area contributed by atoms with Crippen molar-refractivity contribution in [1.82, 2.24) is 9.97 Å². The van der Waals surface area contributed by atoms with Crippen LogP contribution in [0.5, 0.6) is 0 Å². The molecule has 0 bridgehead atoms. The average Bonchev–Trinajstić information content (AvgIpc) is 2.09. The van der Waals surface area contributed by atoms with Gasteiger partial charge in [0.1, 0.15) is 5.82 Å². The summed E-state index contributed by atoms with van der Waals surface area (Å²) < 4.78 is 4.99. The van der Waals surface area contributed by atoms with Crippen molar-refractivity contribution in [1.29, 1.82) is 0 Å². The second kappa shape index (κ2) is 4.33. The summed E-state index contributed by atoms with van der Waals surface area (Å²) >= 11 is 0. The molecule has 4 nitrogen and oxygen atoms in total. The van der Waals surface area contributed by atoms with Gasteiger partial charge in [-0.25, -0.2) is 4.98 Å². The number of ether oxygens (including phenoxy) is 1. The molecule has 0 radical (unpaired) electrons. The van der Waals surface area contributed by atoms with Gasteiger partial charge in [-0.05, 0) is 13.0 Å². The molecule has 0 aromatic carbocycles. The van der Waals surface area contributed by atoms with Crippen LogP contribution < -0.4 is 5.73 Å². The van der Waals surface area contributed by atoms with Crippen LogP contribution >= 0.6 is 0 Å². The lowest BCUT2D eigenvalue weighted by atomic mass is 10.4. The normalized spacial score (nSPS) is 10.4. The van der Waals surface area contributed by atoms with E-state index in [-0.39, 0.29) is 0 Å². The largest absolute Gasteiger partial charge is 0.501 e. The zero-order chi connectivity index (χ0) is 8.81. The molecule has 4 heteroatoms. The Bertz CT molecular complexity index is 256. The molecule has 12 heavy (non-hydrogen) atoms. The molecule has 0 amide bonds. The fourth-order valence-electron chi connectivity index (χ4n) is 0.648. The van der Waals surface area contributed by atoms with Crippen LogP contribution in [-0.2, 0) is 4.74 Å². The first-order valence-corrected chi connectivity index (χ1v) is 3.68. The van der Waals surface area contributed by atoms with Crippen molar-refractivity contribution >= 4 is 11.9 Å². The Labute approximate surface area is 71.1 Å². The van der Waals surface area contributed by atoms with E-state index >= 15 is 0 Å². The Hall–Kier alpha value is -1.58. The minimum Gasteiger partial charge on any atom is -0.501 e. The van der Waals surface area contributed by atoms with Gasteiger partial charge in [0, 0.05) is 0 Å². The maximum absolute atomic E-state index is 5.35. The number of aromatic nitrogens is 2. The van der Waals surface area contributed by atoms with Crippen molar-refractivity contribution in [3.8, 4) is 0 Å². The van der Waals surface area contributed by atoms with Crippen LogP contribution in [-0.4, -0.2) is 16.6 Å². The van der Waals surface area contributed by atoms with Crippen molar-refractivity contribution in [3.63, 3.8) is 0 Å². The molecule has 0 spiro atoms. The fourth-order valence-corrected chi connectivity index (χ4v) is 0.648. The lowest BCUT2D eigenvalue weighted by molar-refractivity contribution is 0.272. The Morgan fingerprint density at radius 3 is 2.92 bits per heavy atom. The average molecular weight is 165 g/mol. The highest BCUT2D eigenvalue weighted by Gasteiger charge is 1.88. The number of nitrogens with two attached hydrogens (primary N) is 1. The van der Waals surface area contributed by atoms with Gasteiger partial charge >= 0.3 is 0 Å². The Morgan fingerprint density at radius 1 is 1.50 bits per heavy atom. The third kappa shape index (κ3) is 2.57. The summed E-state index contributed by atoms with van der Waals surface area (Å²) in [5, 5.41) is 0. The van der Waals surface area contributed by atoms with E-state index in [0.717, 1.165) is 5.69 Å². The molecule has 2 N–H and O–H groups in total. The van der Waals surface area contributed by atoms with Gasteiger partial charge in [-0.15, -0.1) is 0 Å². The number of anilines is 1. The maximum atomic E-state index is 5.35. The maximum Gasteiger partial charge on any atom is 0.141 e. The predicted octanol–water partition coefficient (Wildman–Crippen LogP) is 1.07. The fraction of sp³-hybridized carbons (Fsp3) is 0.250. The standard InChI is InChI=1S/C8H11N3O/c1-2-12-4-3-7-5-11-8(9)6-10-7/h3-6H,2H2,1H3,(H2,9,11)/b4-3+. The highest BCUT2D eigenvalue weighted by atomic mass is 16.5. The first-order chi connectivity index (χ1) is 5.83. The number of rotatable bonds is 3. The summed E-state index contributed by atoms with van der Waals surface area (Å²) in [6.07, 6.45) is 6.41. The molecule has 64 valence electrons. The molecule has 0 fully saturated rings. The number of nitrogen functional groups attached to an aromatic ring is 1. The van der Waals surface area contributed by atoms with Gasteiger partial charge < -0.3 is 10.5 Å². The number of hydrogen-bond donors (Lipinski definition) is 1. The molecule has 1 heterocycles. The van der Waals surface area contributed by atoms with Gasteiger partial charge in [-0.1, -0.05) is 0 Å². The molecule has 0 unspecified atom stereocenters. The summed E-state index contributed by atoms with van der Waals surface area (Å²) in [5.41, 5.74) is 6.09. The van der Waals surface area contributed by atoms with Gasteiger partial charge in [-0.2, -0.15) is 0 Å². The predicted molar refractivity (Wildman–Crippen MR) is 47.1 cm³/mol. The van der Waals surface area contributed by atoms with E-state index in [9.17, 15) is 0 Å². The Balaban J connectivity index is 2.58. The van der Waals surface area contributed by atoms with Crippen LogP contribution in [0.3, 0.4) is 0 Å². The van der Waals surface area contributed by atoms with Gasteiger partial charge in [0.05, 0.1) is 31.0 Å². The molecule has 0 aliphatic heterocycles. The van der Waals surface area contributed by atoms with Crippen molar-refractivity contribution in [2.45, 2.75) is 6.92 Å². The van der Waals surface area contributed by atoms with Crippen LogP contribution in [0, 0.1) is 0 Å². The highest BCUT2D eigenvalue weighted by Crippen LogP contribution is 1.98. The summed E-state index contributed by atoms with van der Waals surface area (Å²) in [5.74, 6) is 0.420. The minimum absolute atomic E-state index is 0.420. The van der Waals surface area contributed by atoms with Crippen molar-refractivity contribution in [2.24, 2.45) is 0 Å². The lowest BCUT2D eigenvalue weighted by Crippen LogP contribution is -1.91. The topological polar surface area (TPSA) is 61.0 Å². The third-order valence-corrected chi connectivity index (χ3v) is 1.19. The zero-order valence-corrected chi connectivity index (χ0v) is 6.90. The van der Waals surface area contributed by atoms with E-state index in [1.54, 1.807) is 18.5 Å². The molecule has 0 atom stereocenters. The van der Waals surface area contributed by atoms with Crippen molar-refractivity contribution in [2.75, 3.05) is 12.3 Å². The summed E-state index contributed by atoms with van der Waals surface area (Å²) in [7, 11) is 0. The molecule has 1 aromatic rings. The second-order valence-corrected chi connectivity index (χ2v) is 2.12. The van der Waals surface area contributed by atoms with Gasteiger partial charge in [0.25, 0.3) is 0 Å². The number of hydrogen-bond acceptors (Lipinski definition) is 4. The monoisotopic (exact) mass is 165 g/mol. The van der Waals surface area contributed by atoms with E-state index < -0.39 is 0 Å². The third-order valence-electron chi connectivity index (χ3n) is 1.19. The zero-order valence-electron chi connectivity index (χ0n) is 6.90. The van der Waals surface area contributed by atoms with Crippen LogP contribution in [0.15, 0.2) is 18.7 Å². The van der Waals surface area contributed by atoms with Crippen LogP contribution in [0.1, 0.15) is 12.6 Å². The first kappa shape index (κ1) is 8.52. The summed E-state index contributed by atoms with van der Waals surface area (Å²) in [6.45, 7) is 2.57. The lowest BCUT2D eigenvalue weighted by Gasteiger charge is -1.93. The molecular weight excluding hydrogens is 154 g/mol. The first-order valence-electron chi connectivity index (χ1n) is 3.68. The highest BCUT2D eigenvalue weighted by molar-refractivity contribution is 5.42. The van der Waals surface area contributed by atoms with Gasteiger partial charge in [0.2, 0.25) is 0 Å². The molecule has 0 aliphatic carbocycles. The van der Waals surface area contributed by atoms with E-state index in [1.165, 1.54) is 6.20 Å². The van der Waals surface area contributed by atoms with Crippen LogP contribution in [0.2, 0.25) is 0 Å². The van der Waals surface area contributed by atoms with E-state index in [2.05, 4.69) is 9.97 Å². The molecule has 0 saturated heterocycles. The molecular formula is C8H11N3O. The molecule has 0 saturated carbocycles. The van der Waals surface area contributed by atoms with Crippen LogP contribution in [0.25, 0.3) is 6.08 Å². The van der Waals surface area contributed by atoms with Crippen LogP contribution in [0.4, 0.5) is 5.82 Å². The van der Waals surface area contributed by atoms with Crippen molar-refractivity contribution in [3.05, 3.63) is 24.3 Å². The number of nitrogens with zero attached hydrogens (tertiary/aromatic N) is 2. The smallest absolute Gasteiger partial charge is 0.141 e. The molecule has 0 aliphatic rings. The van der Waals surface area contributed by atoms with E-state index in [4.69, 9.17) is 10.5 Å².